The van der Waals surface area contributed by atoms with Gasteiger partial charge in [-0.15, -0.1) is 11.3 Å². The molecule has 0 saturated carbocycles. The highest BCUT2D eigenvalue weighted by molar-refractivity contribution is 7.17. The number of nitro benzene ring substituents is 1. The van der Waals surface area contributed by atoms with Gasteiger partial charge in [0.05, 0.1) is 22.7 Å². The minimum Gasteiger partial charge on any atom is -0.461 e. The second-order valence-electron chi connectivity index (χ2n) is 6.50. The quantitative estimate of drug-likeness (QED) is 0.352. The molecule has 1 atom stereocenters. The van der Waals surface area contributed by atoms with Gasteiger partial charge in [-0.25, -0.2) is 9.78 Å². The Bertz CT molecular complexity index is 1090. The van der Waals surface area contributed by atoms with E-state index in [1.165, 1.54) is 34.4 Å². The summed E-state index contributed by atoms with van der Waals surface area (Å²) in [5, 5.41) is 13.0. The first-order chi connectivity index (χ1) is 13.3. The number of nitro groups is 1. The van der Waals surface area contributed by atoms with Crippen molar-refractivity contribution < 1.29 is 14.5 Å². The van der Waals surface area contributed by atoms with E-state index in [1.807, 2.05) is 0 Å². The highest BCUT2D eigenvalue weighted by atomic mass is 32.1. The van der Waals surface area contributed by atoms with Crippen LogP contribution in [0.15, 0.2) is 40.8 Å². The number of thiophene rings is 1. The molecule has 0 fully saturated rings. The number of hydrogen-bond donors (Lipinski definition) is 0. The number of hydrogen-bond acceptors (Lipinski definition) is 7. The topological polar surface area (TPSA) is 104 Å². The molecule has 0 aliphatic heterocycles. The fraction of sp³-hybridized carbons (Fsp3) is 0.316. The molecular formula is C19H19N3O5S. The van der Waals surface area contributed by atoms with Crippen LogP contribution in [-0.2, 0) is 9.53 Å². The molecule has 28 heavy (non-hydrogen) atoms. The SMILES string of the molecule is CCC(C(=O)OC(C)C)n1cnc2scc(-c3ccc([N+](=O)[O-])cc3)c2c1=O. The lowest BCUT2D eigenvalue weighted by molar-refractivity contribution is -0.384. The zero-order valence-corrected chi connectivity index (χ0v) is 16.4. The standard InChI is InChI=1S/C19H19N3O5S/c1-4-15(19(24)27-11(2)3)21-10-20-17-16(18(21)23)14(9-28-17)12-5-7-13(8-6-12)22(25)26/h5-11,15H,4H2,1-3H3. The fourth-order valence-electron chi connectivity index (χ4n) is 2.93. The number of fused-ring (bicyclic) bond motifs is 1. The van der Waals surface area contributed by atoms with E-state index >= 15 is 0 Å². The maximum Gasteiger partial charge on any atom is 0.329 e. The average Bonchev–Trinajstić information content (AvgIpc) is 3.08. The van der Waals surface area contributed by atoms with Gasteiger partial charge in [0.2, 0.25) is 0 Å². The number of benzene rings is 1. The molecule has 3 rings (SSSR count). The van der Waals surface area contributed by atoms with Crippen molar-refractivity contribution in [1.82, 2.24) is 9.55 Å². The molecule has 0 saturated heterocycles. The smallest absolute Gasteiger partial charge is 0.329 e. The third-order valence-electron chi connectivity index (χ3n) is 4.25. The monoisotopic (exact) mass is 401 g/mol. The Labute approximate surface area is 164 Å². The van der Waals surface area contributed by atoms with E-state index in [0.29, 0.717) is 27.8 Å². The zero-order valence-electron chi connectivity index (χ0n) is 15.6. The molecular weight excluding hydrogens is 382 g/mol. The third kappa shape index (κ3) is 3.65. The molecule has 8 nitrogen and oxygen atoms in total. The molecule has 2 heterocycles. The number of ether oxygens (including phenoxy) is 1. The van der Waals surface area contributed by atoms with E-state index in [0.717, 1.165) is 0 Å². The normalized spacial score (nSPS) is 12.3. The first-order valence-electron chi connectivity index (χ1n) is 8.77. The summed E-state index contributed by atoms with van der Waals surface area (Å²) >= 11 is 1.31. The van der Waals surface area contributed by atoms with E-state index in [2.05, 4.69) is 4.98 Å². The van der Waals surface area contributed by atoms with E-state index in [9.17, 15) is 19.7 Å². The Morgan fingerprint density at radius 3 is 2.57 bits per heavy atom. The molecule has 0 aliphatic rings. The number of carbonyl (C=O) groups excluding carboxylic acids is 1. The number of nitrogens with zero attached hydrogens (tertiary/aromatic N) is 3. The Balaban J connectivity index is 2.10. The fourth-order valence-corrected chi connectivity index (χ4v) is 3.84. The van der Waals surface area contributed by atoms with Crippen molar-refractivity contribution in [3.8, 4) is 11.1 Å². The summed E-state index contributed by atoms with van der Waals surface area (Å²) in [4.78, 5) is 40.8. The molecule has 3 aromatic rings. The molecule has 0 amide bonds. The van der Waals surface area contributed by atoms with Crippen molar-refractivity contribution in [2.75, 3.05) is 0 Å². The first-order valence-corrected chi connectivity index (χ1v) is 9.65. The van der Waals surface area contributed by atoms with Crippen molar-refractivity contribution in [2.24, 2.45) is 0 Å². The van der Waals surface area contributed by atoms with Crippen LogP contribution >= 0.6 is 11.3 Å². The third-order valence-corrected chi connectivity index (χ3v) is 5.14. The Morgan fingerprint density at radius 1 is 1.32 bits per heavy atom. The number of aromatic nitrogens is 2. The van der Waals surface area contributed by atoms with Gasteiger partial charge in [-0.3, -0.25) is 19.5 Å². The summed E-state index contributed by atoms with van der Waals surface area (Å²) in [7, 11) is 0. The van der Waals surface area contributed by atoms with Gasteiger partial charge in [0.15, 0.2) is 0 Å². The van der Waals surface area contributed by atoms with Crippen molar-refractivity contribution >= 4 is 33.2 Å². The zero-order chi connectivity index (χ0) is 20.4. The maximum absolute atomic E-state index is 13.2. The van der Waals surface area contributed by atoms with Crippen LogP contribution in [0.2, 0.25) is 0 Å². The molecule has 9 heteroatoms. The van der Waals surface area contributed by atoms with Crippen LogP contribution in [0.1, 0.15) is 33.2 Å². The Kier molecular flexibility index (Phi) is 5.55. The average molecular weight is 401 g/mol. The summed E-state index contributed by atoms with van der Waals surface area (Å²) < 4.78 is 6.57. The summed E-state index contributed by atoms with van der Waals surface area (Å²) in [6, 6.07) is 5.21. The molecule has 2 aromatic heterocycles. The largest absolute Gasteiger partial charge is 0.461 e. The van der Waals surface area contributed by atoms with Crippen LogP contribution in [0.25, 0.3) is 21.3 Å². The predicted octanol–water partition coefficient (Wildman–Crippen LogP) is 3.94. The number of rotatable bonds is 6. The minimum absolute atomic E-state index is 0.0266. The van der Waals surface area contributed by atoms with Crippen molar-refractivity contribution in [2.45, 2.75) is 39.3 Å². The van der Waals surface area contributed by atoms with Crippen LogP contribution in [0.5, 0.6) is 0 Å². The van der Waals surface area contributed by atoms with Gasteiger partial charge >= 0.3 is 5.97 Å². The summed E-state index contributed by atoms with van der Waals surface area (Å²) in [5.41, 5.74) is 0.939. The highest BCUT2D eigenvalue weighted by Crippen LogP contribution is 2.32. The lowest BCUT2D eigenvalue weighted by atomic mass is 10.1. The van der Waals surface area contributed by atoms with Gasteiger partial charge in [-0.05, 0) is 38.0 Å². The lowest BCUT2D eigenvalue weighted by Gasteiger charge is -2.18. The van der Waals surface area contributed by atoms with Crippen LogP contribution < -0.4 is 5.56 Å². The molecule has 146 valence electrons. The van der Waals surface area contributed by atoms with E-state index in [1.54, 1.807) is 38.3 Å². The first kappa shape index (κ1) is 19.7. The van der Waals surface area contributed by atoms with Crippen molar-refractivity contribution in [3.05, 3.63) is 56.4 Å². The van der Waals surface area contributed by atoms with Gasteiger partial charge in [0.1, 0.15) is 10.9 Å². The van der Waals surface area contributed by atoms with Crippen LogP contribution in [0.4, 0.5) is 5.69 Å². The van der Waals surface area contributed by atoms with E-state index in [-0.39, 0.29) is 17.4 Å². The predicted molar refractivity (Wildman–Crippen MR) is 107 cm³/mol. The summed E-state index contributed by atoms with van der Waals surface area (Å²) in [5.74, 6) is -0.479. The molecule has 1 unspecified atom stereocenters. The van der Waals surface area contributed by atoms with Gasteiger partial charge in [-0.1, -0.05) is 6.92 Å². The molecule has 0 aliphatic carbocycles. The number of carbonyl (C=O) groups is 1. The highest BCUT2D eigenvalue weighted by Gasteiger charge is 2.24. The van der Waals surface area contributed by atoms with Crippen LogP contribution in [0.3, 0.4) is 0 Å². The van der Waals surface area contributed by atoms with Crippen molar-refractivity contribution in [3.63, 3.8) is 0 Å². The van der Waals surface area contributed by atoms with Gasteiger partial charge in [0.25, 0.3) is 11.2 Å². The van der Waals surface area contributed by atoms with Crippen molar-refractivity contribution in [1.29, 1.82) is 0 Å². The van der Waals surface area contributed by atoms with Crippen LogP contribution in [0, 0.1) is 10.1 Å². The summed E-state index contributed by atoms with van der Waals surface area (Å²) in [6.45, 7) is 5.30. The van der Waals surface area contributed by atoms with E-state index < -0.39 is 16.9 Å². The molecule has 0 N–H and O–H groups in total. The maximum atomic E-state index is 13.2. The summed E-state index contributed by atoms with van der Waals surface area (Å²) in [6.07, 6.45) is 1.47. The second-order valence-corrected chi connectivity index (χ2v) is 7.36. The Morgan fingerprint density at radius 2 is 2.00 bits per heavy atom. The lowest BCUT2D eigenvalue weighted by Crippen LogP contribution is -2.32. The Hall–Kier alpha value is -3.07. The molecule has 0 spiro atoms. The van der Waals surface area contributed by atoms with E-state index in [4.69, 9.17) is 4.74 Å². The number of non-ortho nitro benzene ring substituents is 1. The number of esters is 1. The second kappa shape index (κ2) is 7.89. The van der Waals surface area contributed by atoms with Crippen LogP contribution in [-0.4, -0.2) is 26.5 Å². The molecule has 0 radical (unpaired) electrons. The van der Waals surface area contributed by atoms with Gasteiger partial charge in [0, 0.05) is 23.1 Å². The molecule has 1 aromatic carbocycles. The van der Waals surface area contributed by atoms with Gasteiger partial charge in [-0.2, -0.15) is 0 Å². The van der Waals surface area contributed by atoms with Gasteiger partial charge < -0.3 is 4.74 Å². The minimum atomic E-state index is -0.767. The molecule has 0 bridgehead atoms.